The molecule has 2 aromatic heterocycles. The summed E-state index contributed by atoms with van der Waals surface area (Å²) in [5.41, 5.74) is 0.355. The number of aromatic nitrogens is 4. The zero-order chi connectivity index (χ0) is 13.1. The molecule has 0 unspecified atom stereocenters. The Morgan fingerprint density at radius 1 is 1.37 bits per heavy atom. The average Bonchev–Trinajstić information content (AvgIpc) is 2.89. The number of nitrogens with one attached hydrogen (secondary N) is 2. The van der Waals surface area contributed by atoms with E-state index in [2.05, 4.69) is 25.3 Å². The van der Waals surface area contributed by atoms with Crippen molar-refractivity contribution in [2.24, 2.45) is 0 Å². The Morgan fingerprint density at radius 2 is 2.21 bits per heavy atom. The van der Waals surface area contributed by atoms with Crippen LogP contribution in [-0.2, 0) is 0 Å². The lowest BCUT2D eigenvalue weighted by Gasteiger charge is -2.26. The van der Waals surface area contributed by atoms with E-state index in [4.69, 9.17) is 0 Å². The molecular weight excluding hydrogens is 264 g/mol. The number of hydrogen-bond donors (Lipinski definition) is 2. The van der Waals surface area contributed by atoms with Crippen LogP contribution in [0.25, 0.3) is 5.65 Å². The Labute approximate surface area is 114 Å². The zero-order valence-electron chi connectivity index (χ0n) is 10.5. The van der Waals surface area contributed by atoms with Crippen molar-refractivity contribution in [2.45, 2.75) is 5.16 Å². The molecule has 102 valence electrons. The molecule has 0 bridgehead atoms. The zero-order valence-corrected chi connectivity index (χ0v) is 11.3. The molecule has 0 aromatic carbocycles. The molecule has 8 heteroatoms. The molecule has 0 aliphatic carbocycles. The summed E-state index contributed by atoms with van der Waals surface area (Å²) in [5, 5.41) is 7.89. The second kappa shape index (κ2) is 5.72. The minimum atomic E-state index is -0.236. The second-order valence-corrected chi connectivity index (χ2v) is 5.47. The van der Waals surface area contributed by atoms with E-state index in [0.29, 0.717) is 10.8 Å². The van der Waals surface area contributed by atoms with Gasteiger partial charge in [-0.05, 0) is 0 Å². The maximum Gasteiger partial charge on any atom is 0.350 e. The van der Waals surface area contributed by atoms with Crippen molar-refractivity contribution < 1.29 is 0 Å². The Hall–Kier alpha value is -1.38. The first kappa shape index (κ1) is 12.6. The van der Waals surface area contributed by atoms with E-state index < -0.39 is 0 Å². The topological polar surface area (TPSA) is 78.3 Å². The lowest BCUT2D eigenvalue weighted by molar-refractivity contribution is 0.255. The van der Waals surface area contributed by atoms with Gasteiger partial charge in [-0.3, -0.25) is 9.88 Å². The number of hydrogen-bond acceptors (Lipinski definition) is 6. The molecule has 2 aromatic rings. The van der Waals surface area contributed by atoms with Crippen molar-refractivity contribution in [3.8, 4) is 0 Å². The lowest BCUT2D eigenvalue weighted by atomic mass is 10.4. The largest absolute Gasteiger partial charge is 0.350 e. The van der Waals surface area contributed by atoms with Gasteiger partial charge in [0.1, 0.15) is 0 Å². The Bertz CT molecular complexity index is 602. The molecule has 0 amide bonds. The first-order valence-electron chi connectivity index (χ1n) is 6.33. The number of aromatic amines is 1. The predicted molar refractivity (Wildman–Crippen MR) is 73.6 cm³/mol. The van der Waals surface area contributed by atoms with Gasteiger partial charge in [0.05, 0.1) is 6.20 Å². The van der Waals surface area contributed by atoms with Gasteiger partial charge in [-0.25, -0.2) is 9.78 Å². The van der Waals surface area contributed by atoms with Gasteiger partial charge in [0.15, 0.2) is 10.8 Å². The van der Waals surface area contributed by atoms with Crippen LogP contribution in [0, 0.1) is 0 Å². The van der Waals surface area contributed by atoms with Crippen LogP contribution in [-0.4, -0.2) is 63.0 Å². The SMILES string of the molecule is O=c1[nH]c(SCCN2CCNCC2)nc2ccnn12. The number of H-pyrrole nitrogens is 1. The van der Waals surface area contributed by atoms with E-state index >= 15 is 0 Å². The molecule has 1 fully saturated rings. The third kappa shape index (κ3) is 2.96. The van der Waals surface area contributed by atoms with Crippen LogP contribution < -0.4 is 11.0 Å². The third-order valence-corrected chi connectivity index (χ3v) is 3.95. The summed E-state index contributed by atoms with van der Waals surface area (Å²) >= 11 is 1.58. The van der Waals surface area contributed by atoms with Gasteiger partial charge in [-0.1, -0.05) is 11.8 Å². The van der Waals surface area contributed by atoms with Crippen LogP contribution >= 0.6 is 11.8 Å². The van der Waals surface area contributed by atoms with Gasteiger partial charge in [0.25, 0.3) is 0 Å². The van der Waals surface area contributed by atoms with Crippen molar-refractivity contribution in [1.29, 1.82) is 0 Å². The minimum Gasteiger partial charge on any atom is -0.314 e. The fourth-order valence-electron chi connectivity index (χ4n) is 2.09. The Balaban J connectivity index is 1.60. The van der Waals surface area contributed by atoms with Crippen LogP contribution in [0.15, 0.2) is 22.2 Å². The summed E-state index contributed by atoms with van der Waals surface area (Å²) in [6, 6.07) is 1.73. The summed E-state index contributed by atoms with van der Waals surface area (Å²) in [4.78, 5) is 21.2. The fourth-order valence-corrected chi connectivity index (χ4v) is 2.95. The van der Waals surface area contributed by atoms with Crippen molar-refractivity contribution >= 4 is 17.4 Å². The summed E-state index contributed by atoms with van der Waals surface area (Å²) in [6.45, 7) is 5.31. The molecule has 1 aliphatic rings. The highest BCUT2D eigenvalue weighted by Gasteiger charge is 2.09. The Morgan fingerprint density at radius 3 is 3.05 bits per heavy atom. The molecular formula is C11H16N6OS. The smallest absolute Gasteiger partial charge is 0.314 e. The highest BCUT2D eigenvalue weighted by Crippen LogP contribution is 2.11. The van der Waals surface area contributed by atoms with Gasteiger partial charge in [0.2, 0.25) is 0 Å². The van der Waals surface area contributed by atoms with Gasteiger partial charge in [-0.2, -0.15) is 9.61 Å². The maximum atomic E-state index is 11.7. The first-order valence-corrected chi connectivity index (χ1v) is 7.31. The molecule has 3 rings (SSSR count). The summed E-state index contributed by atoms with van der Waals surface area (Å²) in [7, 11) is 0. The molecule has 0 atom stereocenters. The molecule has 1 aliphatic heterocycles. The van der Waals surface area contributed by atoms with Crippen LogP contribution in [0.2, 0.25) is 0 Å². The molecule has 0 saturated carbocycles. The normalized spacial score (nSPS) is 17.1. The van der Waals surface area contributed by atoms with E-state index in [1.807, 2.05) is 0 Å². The van der Waals surface area contributed by atoms with E-state index in [9.17, 15) is 4.79 Å². The first-order chi connectivity index (χ1) is 9.33. The highest BCUT2D eigenvalue weighted by molar-refractivity contribution is 7.99. The van der Waals surface area contributed by atoms with Gasteiger partial charge < -0.3 is 5.32 Å². The van der Waals surface area contributed by atoms with Crippen molar-refractivity contribution in [3.05, 3.63) is 22.7 Å². The van der Waals surface area contributed by atoms with Crippen molar-refractivity contribution in [2.75, 3.05) is 38.5 Å². The molecule has 7 nitrogen and oxygen atoms in total. The minimum absolute atomic E-state index is 0.236. The van der Waals surface area contributed by atoms with Crippen LogP contribution in [0.1, 0.15) is 0 Å². The van der Waals surface area contributed by atoms with E-state index in [1.165, 1.54) is 4.52 Å². The molecule has 0 radical (unpaired) electrons. The summed E-state index contributed by atoms with van der Waals surface area (Å²) in [6.07, 6.45) is 1.58. The van der Waals surface area contributed by atoms with Crippen molar-refractivity contribution in [3.63, 3.8) is 0 Å². The van der Waals surface area contributed by atoms with Crippen molar-refractivity contribution in [1.82, 2.24) is 29.8 Å². The number of fused-ring (bicyclic) bond motifs is 1. The average molecular weight is 280 g/mol. The second-order valence-electron chi connectivity index (χ2n) is 4.39. The summed E-state index contributed by atoms with van der Waals surface area (Å²) in [5.74, 6) is 0.924. The number of nitrogens with zero attached hydrogens (tertiary/aromatic N) is 4. The van der Waals surface area contributed by atoms with Crippen LogP contribution in [0.5, 0.6) is 0 Å². The highest BCUT2D eigenvalue weighted by atomic mass is 32.2. The van der Waals surface area contributed by atoms with Crippen LogP contribution in [0.4, 0.5) is 0 Å². The van der Waals surface area contributed by atoms with Crippen LogP contribution in [0.3, 0.4) is 0 Å². The Kier molecular flexibility index (Phi) is 3.81. The lowest BCUT2D eigenvalue weighted by Crippen LogP contribution is -2.44. The third-order valence-electron chi connectivity index (χ3n) is 3.10. The molecule has 1 saturated heterocycles. The number of piperazine rings is 1. The van der Waals surface area contributed by atoms with E-state index in [0.717, 1.165) is 38.5 Å². The van der Waals surface area contributed by atoms with E-state index in [1.54, 1.807) is 24.0 Å². The number of thioether (sulfide) groups is 1. The fraction of sp³-hybridized carbons (Fsp3) is 0.545. The monoisotopic (exact) mass is 280 g/mol. The molecule has 2 N–H and O–H groups in total. The molecule has 19 heavy (non-hydrogen) atoms. The predicted octanol–water partition coefficient (Wildman–Crippen LogP) is -0.585. The molecule has 3 heterocycles. The quantitative estimate of drug-likeness (QED) is 0.729. The number of rotatable bonds is 4. The summed E-state index contributed by atoms with van der Waals surface area (Å²) < 4.78 is 1.26. The van der Waals surface area contributed by atoms with Gasteiger partial charge in [0, 0.05) is 44.5 Å². The van der Waals surface area contributed by atoms with Gasteiger partial charge in [-0.15, -0.1) is 0 Å². The standard InChI is InChI=1S/C11H16N6OS/c18-11-15-10(14-9-1-2-13-17(9)11)19-8-7-16-5-3-12-4-6-16/h1-2,12H,3-8H2,(H,14,15,18). The molecule has 0 spiro atoms. The maximum absolute atomic E-state index is 11.7. The van der Waals surface area contributed by atoms with Gasteiger partial charge >= 0.3 is 5.69 Å². The van der Waals surface area contributed by atoms with E-state index in [-0.39, 0.29) is 5.69 Å².